The Bertz CT molecular complexity index is 579. The van der Waals surface area contributed by atoms with Crippen molar-refractivity contribution in [2.75, 3.05) is 18.0 Å². The molecule has 0 fully saturated rings. The number of anilines is 1. The van der Waals surface area contributed by atoms with Gasteiger partial charge in [-0.2, -0.15) is 0 Å². The molecule has 6 heteroatoms. The minimum atomic E-state index is -1.10. The van der Waals surface area contributed by atoms with Crippen LogP contribution >= 0.6 is 0 Å². The van der Waals surface area contributed by atoms with Crippen LogP contribution in [0.25, 0.3) is 0 Å². The van der Waals surface area contributed by atoms with Crippen molar-refractivity contribution >= 4 is 17.7 Å². The molecule has 21 heavy (non-hydrogen) atoms. The summed E-state index contributed by atoms with van der Waals surface area (Å²) in [6.07, 6.45) is 5.33. The summed E-state index contributed by atoms with van der Waals surface area (Å²) in [6.45, 7) is 0.410. The second-order valence-corrected chi connectivity index (χ2v) is 4.56. The summed E-state index contributed by atoms with van der Waals surface area (Å²) in [6, 6.07) is 6.50. The number of carboxylic acid groups (broad SMARTS) is 1. The molecule has 1 aliphatic heterocycles. The number of nitrogens with zero attached hydrogens (tertiary/aromatic N) is 1. The van der Waals surface area contributed by atoms with Gasteiger partial charge in [-0.1, -0.05) is 12.1 Å². The first kappa shape index (κ1) is 14.7. The molecule has 2 amide bonds. The molecule has 0 radical (unpaired) electrons. The second kappa shape index (κ2) is 6.66. The summed E-state index contributed by atoms with van der Waals surface area (Å²) in [5.41, 5.74) is 0.560. The number of carboxylic acids is 1. The molecule has 0 bridgehead atoms. The maximum atomic E-state index is 12.2. The van der Waals surface area contributed by atoms with E-state index < -0.39 is 12.1 Å². The first-order valence-electron chi connectivity index (χ1n) is 6.61. The normalized spacial score (nSPS) is 16.3. The van der Waals surface area contributed by atoms with Gasteiger partial charge < -0.3 is 15.2 Å². The predicted molar refractivity (Wildman–Crippen MR) is 77.3 cm³/mol. The zero-order chi connectivity index (χ0) is 15.2. The van der Waals surface area contributed by atoms with Crippen LogP contribution in [-0.2, 0) is 4.79 Å². The van der Waals surface area contributed by atoms with Gasteiger partial charge in [0.05, 0.1) is 12.2 Å². The van der Waals surface area contributed by atoms with Gasteiger partial charge >= 0.3 is 12.0 Å². The summed E-state index contributed by atoms with van der Waals surface area (Å²) < 4.78 is 5.37. The van der Waals surface area contributed by atoms with Crippen molar-refractivity contribution < 1.29 is 19.4 Å². The Balaban J connectivity index is 2.12. The van der Waals surface area contributed by atoms with Gasteiger partial charge in [-0.25, -0.2) is 9.59 Å². The number of nitrogens with one attached hydrogen (secondary N) is 1. The van der Waals surface area contributed by atoms with Gasteiger partial charge in [0.1, 0.15) is 5.75 Å². The Morgan fingerprint density at radius 1 is 1.48 bits per heavy atom. The van der Waals surface area contributed by atoms with E-state index in [1.807, 2.05) is 0 Å². The van der Waals surface area contributed by atoms with E-state index in [2.05, 4.69) is 11.2 Å². The lowest BCUT2D eigenvalue weighted by molar-refractivity contribution is -0.144. The molecule has 0 aliphatic carbocycles. The van der Waals surface area contributed by atoms with Gasteiger partial charge in [0.25, 0.3) is 0 Å². The lowest BCUT2D eigenvalue weighted by Gasteiger charge is -2.33. The van der Waals surface area contributed by atoms with Crippen LogP contribution in [0.5, 0.6) is 5.75 Å². The lowest BCUT2D eigenvalue weighted by atomic mass is 10.2. The van der Waals surface area contributed by atoms with E-state index >= 15 is 0 Å². The average Bonchev–Trinajstić information content (AvgIpc) is 2.50. The van der Waals surface area contributed by atoms with Crippen LogP contribution in [0.3, 0.4) is 0 Å². The molecule has 2 rings (SSSR count). The Morgan fingerprint density at radius 2 is 2.24 bits per heavy atom. The van der Waals surface area contributed by atoms with E-state index in [-0.39, 0.29) is 12.6 Å². The first-order valence-corrected chi connectivity index (χ1v) is 6.61. The molecular formula is C15H16N2O4. The molecule has 1 heterocycles. The van der Waals surface area contributed by atoms with Crippen LogP contribution in [0.15, 0.2) is 24.3 Å². The zero-order valence-electron chi connectivity index (χ0n) is 11.4. The summed E-state index contributed by atoms with van der Waals surface area (Å²) in [4.78, 5) is 24.7. The zero-order valence-corrected chi connectivity index (χ0v) is 11.4. The number of carbonyl (C=O) groups is 2. The number of aliphatic carboxylic acids is 1. The minimum Gasteiger partial charge on any atom is -0.478 e. The van der Waals surface area contributed by atoms with E-state index in [9.17, 15) is 9.59 Å². The van der Waals surface area contributed by atoms with Gasteiger partial charge in [-0.3, -0.25) is 4.90 Å². The fraction of sp³-hybridized carbons (Fsp3) is 0.333. The molecule has 2 N–H and O–H groups in total. The topological polar surface area (TPSA) is 78.9 Å². The predicted octanol–water partition coefficient (Wildman–Crippen LogP) is 1.46. The molecule has 1 aliphatic rings. The standard InChI is InChI=1S/C15H16N2O4/c1-2-3-6-9-16-15(20)17-10-13(14(18)19)21-12-8-5-4-7-11(12)17/h1,4-5,7-8,13H,3,6,9-10H2,(H,16,20)(H,18,19). The molecule has 0 saturated heterocycles. The van der Waals surface area contributed by atoms with Gasteiger partial charge in [0, 0.05) is 13.0 Å². The van der Waals surface area contributed by atoms with E-state index in [4.69, 9.17) is 16.3 Å². The van der Waals surface area contributed by atoms with Crippen molar-refractivity contribution in [2.45, 2.75) is 18.9 Å². The van der Waals surface area contributed by atoms with Gasteiger partial charge in [0.15, 0.2) is 0 Å². The Kier molecular flexibility index (Phi) is 4.67. The number of terminal acetylenes is 1. The highest BCUT2D eigenvalue weighted by atomic mass is 16.5. The molecule has 110 valence electrons. The number of hydrogen-bond acceptors (Lipinski definition) is 3. The number of ether oxygens (including phenoxy) is 1. The maximum Gasteiger partial charge on any atom is 0.346 e. The van der Waals surface area contributed by atoms with Crippen molar-refractivity contribution in [3.63, 3.8) is 0 Å². The number of amides is 2. The number of rotatable bonds is 4. The fourth-order valence-electron chi connectivity index (χ4n) is 2.04. The highest BCUT2D eigenvalue weighted by molar-refractivity contribution is 5.95. The summed E-state index contributed by atoms with van der Waals surface area (Å²) in [5, 5.41) is 11.8. The van der Waals surface area contributed by atoms with E-state index in [1.54, 1.807) is 24.3 Å². The average molecular weight is 288 g/mol. The van der Waals surface area contributed by atoms with Crippen molar-refractivity contribution in [1.29, 1.82) is 0 Å². The number of fused-ring (bicyclic) bond motifs is 1. The second-order valence-electron chi connectivity index (χ2n) is 4.56. The minimum absolute atomic E-state index is 0.0344. The van der Waals surface area contributed by atoms with Crippen LogP contribution in [0, 0.1) is 12.3 Å². The Hall–Kier alpha value is -2.68. The smallest absolute Gasteiger partial charge is 0.346 e. The molecular weight excluding hydrogens is 272 g/mol. The monoisotopic (exact) mass is 288 g/mol. The molecule has 1 unspecified atom stereocenters. The van der Waals surface area contributed by atoms with E-state index in [1.165, 1.54) is 4.90 Å². The van der Waals surface area contributed by atoms with Crippen LogP contribution in [0.2, 0.25) is 0 Å². The summed E-state index contributed by atoms with van der Waals surface area (Å²) in [5.74, 6) is 1.78. The number of hydrogen-bond donors (Lipinski definition) is 2. The maximum absolute atomic E-state index is 12.2. The summed E-state index contributed by atoms with van der Waals surface area (Å²) >= 11 is 0. The van der Waals surface area contributed by atoms with E-state index in [0.29, 0.717) is 30.8 Å². The van der Waals surface area contributed by atoms with Crippen molar-refractivity contribution in [1.82, 2.24) is 5.32 Å². The molecule has 1 atom stereocenters. The quantitative estimate of drug-likeness (QED) is 0.649. The third-order valence-corrected chi connectivity index (χ3v) is 3.07. The largest absolute Gasteiger partial charge is 0.478 e. The number of unbranched alkanes of at least 4 members (excludes halogenated alkanes) is 1. The van der Waals surface area contributed by atoms with Crippen molar-refractivity contribution in [3.8, 4) is 18.1 Å². The molecule has 0 spiro atoms. The van der Waals surface area contributed by atoms with Gasteiger partial charge in [0.2, 0.25) is 6.10 Å². The molecule has 0 saturated carbocycles. The molecule has 0 aromatic heterocycles. The van der Waals surface area contributed by atoms with E-state index in [0.717, 1.165) is 0 Å². The van der Waals surface area contributed by atoms with Gasteiger partial charge in [-0.15, -0.1) is 12.3 Å². The number of para-hydroxylation sites is 2. The van der Waals surface area contributed by atoms with Gasteiger partial charge in [-0.05, 0) is 18.6 Å². The SMILES string of the molecule is C#CCCCNC(=O)N1CC(C(=O)O)Oc2ccccc21. The third kappa shape index (κ3) is 3.45. The summed E-state index contributed by atoms with van der Waals surface area (Å²) in [7, 11) is 0. The molecule has 6 nitrogen and oxygen atoms in total. The Labute approximate surface area is 122 Å². The first-order chi connectivity index (χ1) is 10.1. The number of benzene rings is 1. The van der Waals surface area contributed by atoms with Crippen LogP contribution in [0.4, 0.5) is 10.5 Å². The van der Waals surface area contributed by atoms with Crippen LogP contribution in [-0.4, -0.2) is 36.3 Å². The lowest BCUT2D eigenvalue weighted by Crippen LogP contribution is -2.50. The van der Waals surface area contributed by atoms with Crippen molar-refractivity contribution in [3.05, 3.63) is 24.3 Å². The van der Waals surface area contributed by atoms with Crippen LogP contribution < -0.4 is 15.0 Å². The van der Waals surface area contributed by atoms with Crippen molar-refractivity contribution in [2.24, 2.45) is 0 Å². The highest BCUT2D eigenvalue weighted by Gasteiger charge is 2.33. The highest BCUT2D eigenvalue weighted by Crippen LogP contribution is 2.33. The third-order valence-electron chi connectivity index (χ3n) is 3.07. The fourth-order valence-corrected chi connectivity index (χ4v) is 2.04. The molecule has 1 aromatic carbocycles. The number of urea groups is 1. The van der Waals surface area contributed by atoms with Crippen LogP contribution in [0.1, 0.15) is 12.8 Å². The molecule has 1 aromatic rings. The number of carbonyl (C=O) groups excluding carboxylic acids is 1. The Morgan fingerprint density at radius 3 is 2.95 bits per heavy atom.